The molecule has 1 rings (SSSR count). The number of carboxylic acids is 1. The fourth-order valence-corrected chi connectivity index (χ4v) is 3.54. The number of carbonyl (C=O) groups excluding carboxylic acids is 1. The van der Waals surface area contributed by atoms with E-state index in [1.807, 2.05) is 0 Å². The molecule has 0 radical (unpaired) electrons. The van der Waals surface area contributed by atoms with Gasteiger partial charge in [0.2, 0.25) is 0 Å². The van der Waals surface area contributed by atoms with Crippen molar-refractivity contribution in [1.29, 1.82) is 0 Å². The van der Waals surface area contributed by atoms with Gasteiger partial charge in [0.25, 0.3) is 11.2 Å². The van der Waals surface area contributed by atoms with E-state index >= 15 is 0 Å². The van der Waals surface area contributed by atoms with Crippen LogP contribution in [0.2, 0.25) is 0 Å². The molecule has 0 heterocycles. The van der Waals surface area contributed by atoms with Crippen molar-refractivity contribution in [2.75, 3.05) is 0 Å². The van der Waals surface area contributed by atoms with Crippen molar-refractivity contribution in [3.63, 3.8) is 0 Å². The molecule has 0 saturated heterocycles. The van der Waals surface area contributed by atoms with Crippen LogP contribution in [0.5, 0.6) is 0 Å². The van der Waals surface area contributed by atoms with Crippen molar-refractivity contribution < 1.29 is 82.3 Å². The van der Waals surface area contributed by atoms with Crippen LogP contribution < -0.4 is 0 Å². The van der Waals surface area contributed by atoms with Crippen LogP contribution in [0.4, 0.5) is 52.7 Å². The molecular formula is C20H22F12O6. The van der Waals surface area contributed by atoms with Gasteiger partial charge in [-0.2, -0.15) is 52.7 Å². The van der Waals surface area contributed by atoms with E-state index < -0.39 is 90.6 Å². The zero-order valence-electron chi connectivity index (χ0n) is 19.4. The third kappa shape index (κ3) is 7.33. The van der Waals surface area contributed by atoms with Crippen LogP contribution in [0.1, 0.15) is 33.1 Å². The van der Waals surface area contributed by atoms with Crippen molar-refractivity contribution in [3.8, 4) is 0 Å². The summed E-state index contributed by atoms with van der Waals surface area (Å²) >= 11 is 0. The Labute approximate surface area is 206 Å². The van der Waals surface area contributed by atoms with E-state index in [-0.39, 0.29) is 5.57 Å². The number of ether oxygens (including phenoxy) is 1. The van der Waals surface area contributed by atoms with E-state index in [0.717, 1.165) is 6.92 Å². The van der Waals surface area contributed by atoms with Crippen LogP contribution in [-0.4, -0.2) is 69.3 Å². The Bertz CT molecular complexity index is 814. The number of esters is 1. The van der Waals surface area contributed by atoms with E-state index in [1.165, 1.54) is 6.92 Å². The highest BCUT2D eigenvalue weighted by atomic mass is 19.4. The number of halogens is 12. The molecule has 1 aliphatic rings. The molecule has 0 aliphatic heterocycles. The van der Waals surface area contributed by atoms with Crippen molar-refractivity contribution in [2.45, 2.75) is 75.1 Å². The number of aliphatic carboxylic acids is 1. The summed E-state index contributed by atoms with van der Waals surface area (Å²) in [5.74, 6) is -9.24. The maximum Gasteiger partial charge on any atom is 0.426 e. The molecule has 0 amide bonds. The Morgan fingerprint density at radius 2 is 0.921 bits per heavy atom. The number of alkyl halides is 12. The molecule has 0 aromatic carbocycles. The van der Waals surface area contributed by atoms with Crippen LogP contribution in [-0.2, 0) is 14.3 Å². The maximum atomic E-state index is 13.2. The second kappa shape index (κ2) is 11.3. The molecule has 0 aromatic rings. The highest BCUT2D eigenvalue weighted by Gasteiger charge is 2.78. The maximum absolute atomic E-state index is 13.2. The molecule has 0 aromatic heterocycles. The summed E-state index contributed by atoms with van der Waals surface area (Å²) < 4.78 is 163. The number of rotatable bonds is 5. The smallest absolute Gasteiger partial charge is 0.426 e. The predicted molar refractivity (Wildman–Crippen MR) is 102 cm³/mol. The molecule has 1 fully saturated rings. The van der Waals surface area contributed by atoms with E-state index in [1.54, 1.807) is 0 Å². The highest BCUT2D eigenvalue weighted by Crippen LogP contribution is 2.57. The van der Waals surface area contributed by atoms with Crippen LogP contribution in [0.15, 0.2) is 24.3 Å². The van der Waals surface area contributed by atoms with Gasteiger partial charge < -0.3 is 20.1 Å². The van der Waals surface area contributed by atoms with E-state index in [0.29, 0.717) is 0 Å². The van der Waals surface area contributed by atoms with Gasteiger partial charge in [0.05, 0.1) is 0 Å². The van der Waals surface area contributed by atoms with Gasteiger partial charge in [-0.3, -0.25) is 0 Å². The van der Waals surface area contributed by atoms with Crippen LogP contribution in [0.3, 0.4) is 0 Å². The second-order valence-corrected chi connectivity index (χ2v) is 8.52. The summed E-state index contributed by atoms with van der Waals surface area (Å²) in [6.07, 6.45) is -34.1. The lowest BCUT2D eigenvalue weighted by atomic mass is 9.65. The molecule has 2 unspecified atom stereocenters. The number of carboxylic acid groups (broad SMARTS) is 1. The summed E-state index contributed by atoms with van der Waals surface area (Å²) in [4.78, 5) is 21.2. The van der Waals surface area contributed by atoms with Gasteiger partial charge in [0, 0.05) is 23.0 Å². The highest BCUT2D eigenvalue weighted by molar-refractivity contribution is 5.87. The fourth-order valence-electron chi connectivity index (χ4n) is 3.54. The monoisotopic (exact) mass is 586 g/mol. The Morgan fingerprint density at radius 1 is 0.658 bits per heavy atom. The zero-order valence-corrected chi connectivity index (χ0v) is 19.4. The first-order valence-electron chi connectivity index (χ1n) is 10.0. The topological polar surface area (TPSA) is 104 Å². The van der Waals surface area contributed by atoms with Gasteiger partial charge in [0.1, 0.15) is 6.10 Å². The summed E-state index contributed by atoms with van der Waals surface area (Å²) in [5.41, 5.74) is -11.9. The molecule has 1 saturated carbocycles. The van der Waals surface area contributed by atoms with Gasteiger partial charge in [-0.1, -0.05) is 13.2 Å². The molecule has 3 N–H and O–H groups in total. The SMILES string of the molecule is C=C(C)C(=O)O.C=C(C)C(=O)OC1CC(C(O)(C(F)(F)F)C(F)(F)F)CC(C(O)(C(F)(F)F)C(F)(F)F)C1. The average molecular weight is 586 g/mol. The molecule has 1 aliphatic carbocycles. The molecule has 6 nitrogen and oxygen atoms in total. The van der Waals surface area contributed by atoms with Gasteiger partial charge in [0.15, 0.2) is 0 Å². The van der Waals surface area contributed by atoms with Crippen LogP contribution in [0.25, 0.3) is 0 Å². The predicted octanol–water partition coefficient (Wildman–Crippen LogP) is 5.25. The number of aliphatic hydroxyl groups is 2. The summed E-state index contributed by atoms with van der Waals surface area (Å²) in [7, 11) is 0. The van der Waals surface area contributed by atoms with Gasteiger partial charge in [-0.05, 0) is 33.1 Å². The lowest BCUT2D eigenvalue weighted by Gasteiger charge is -2.48. The van der Waals surface area contributed by atoms with Crippen molar-refractivity contribution in [2.24, 2.45) is 11.8 Å². The number of hydrogen-bond acceptors (Lipinski definition) is 5. The van der Waals surface area contributed by atoms with E-state index in [4.69, 9.17) is 5.11 Å². The minimum Gasteiger partial charge on any atom is -0.478 e. The summed E-state index contributed by atoms with van der Waals surface area (Å²) in [5, 5.41) is 26.9. The first kappa shape index (κ1) is 35.5. The van der Waals surface area contributed by atoms with Gasteiger partial charge in [-0.15, -0.1) is 0 Å². The Hall–Kier alpha value is -2.50. The van der Waals surface area contributed by atoms with Gasteiger partial charge >= 0.3 is 36.6 Å². The Kier molecular flexibility index (Phi) is 10.6. The second-order valence-electron chi connectivity index (χ2n) is 8.52. The molecule has 2 atom stereocenters. The summed E-state index contributed by atoms with van der Waals surface area (Å²) in [6, 6.07) is 0. The normalized spacial score (nSPS) is 21.6. The standard InChI is InChI=1S/C16H16F12O4.C4H6O2/c1-6(2)10(29)32-9-4-7(11(30,13(17,18)19)14(20,21)22)3-8(5-9)12(31,15(23,24)25)16(26,27)28;1-3(2)4(5)6/h7-9,30-31H,1,3-5H2,2H3;1H2,2H3,(H,5,6). The third-order valence-corrected chi connectivity index (χ3v) is 5.56. The largest absolute Gasteiger partial charge is 0.478 e. The number of carbonyl (C=O) groups is 2. The molecular weight excluding hydrogens is 564 g/mol. The molecule has 38 heavy (non-hydrogen) atoms. The number of hydrogen-bond donors (Lipinski definition) is 3. The van der Waals surface area contributed by atoms with E-state index in [2.05, 4.69) is 17.9 Å². The van der Waals surface area contributed by atoms with Crippen molar-refractivity contribution in [1.82, 2.24) is 0 Å². The quantitative estimate of drug-likeness (QED) is 0.231. The molecule has 222 valence electrons. The lowest BCUT2D eigenvalue weighted by Crippen LogP contribution is -2.67. The van der Waals surface area contributed by atoms with Gasteiger partial charge in [-0.25, -0.2) is 9.59 Å². The molecule has 0 bridgehead atoms. The lowest BCUT2D eigenvalue weighted by molar-refractivity contribution is -0.405. The van der Waals surface area contributed by atoms with Crippen molar-refractivity contribution >= 4 is 11.9 Å². The van der Waals surface area contributed by atoms with E-state index in [9.17, 15) is 72.5 Å². The van der Waals surface area contributed by atoms with Crippen LogP contribution >= 0.6 is 0 Å². The minimum absolute atomic E-state index is 0.176. The summed E-state index contributed by atoms with van der Waals surface area (Å²) in [6.45, 7) is 8.56. The van der Waals surface area contributed by atoms with Crippen molar-refractivity contribution in [3.05, 3.63) is 24.3 Å². The Balaban J connectivity index is 0.00000203. The zero-order chi connectivity index (χ0) is 30.9. The Morgan fingerprint density at radius 3 is 1.11 bits per heavy atom. The first-order chi connectivity index (χ1) is 16.6. The van der Waals surface area contributed by atoms with Crippen LogP contribution in [0, 0.1) is 11.8 Å². The fraction of sp³-hybridized carbons (Fsp3) is 0.700. The first-order valence-corrected chi connectivity index (χ1v) is 10.0. The molecule has 18 heteroatoms. The minimum atomic E-state index is -6.59. The third-order valence-electron chi connectivity index (χ3n) is 5.56. The average Bonchev–Trinajstić information content (AvgIpc) is 2.69. The molecule has 0 spiro atoms.